The summed E-state index contributed by atoms with van der Waals surface area (Å²) in [4.78, 5) is 26.0. The molecule has 0 unspecified atom stereocenters. The van der Waals surface area contributed by atoms with Gasteiger partial charge in [0.05, 0.1) is 5.52 Å². The van der Waals surface area contributed by atoms with Gasteiger partial charge in [0.1, 0.15) is 0 Å². The van der Waals surface area contributed by atoms with Crippen LogP contribution in [0.3, 0.4) is 0 Å². The largest absolute Gasteiger partial charge is 0.419 e. The van der Waals surface area contributed by atoms with Crippen LogP contribution < -0.4 is 21.3 Å². The number of hydrogen-bond donors (Lipinski definition) is 2. The Hall–Kier alpha value is -3.22. The van der Waals surface area contributed by atoms with Crippen molar-refractivity contribution in [3.63, 3.8) is 0 Å². The van der Waals surface area contributed by atoms with E-state index in [1.807, 2.05) is 6.07 Å². The van der Waals surface area contributed by atoms with Crippen molar-refractivity contribution in [2.75, 3.05) is 23.3 Å². The number of oxazole rings is 1. The Morgan fingerprint density at radius 1 is 1.26 bits per heavy atom. The van der Waals surface area contributed by atoms with E-state index in [1.54, 1.807) is 25.2 Å². The Morgan fingerprint density at radius 2 is 2.07 bits per heavy atom. The first-order valence-corrected chi connectivity index (χ1v) is 9.02. The summed E-state index contributed by atoms with van der Waals surface area (Å²) in [6.07, 6.45) is 1.03. The highest BCUT2D eigenvalue weighted by atomic mass is 16.4. The van der Waals surface area contributed by atoms with E-state index in [0.717, 1.165) is 13.0 Å². The number of anilines is 2. The minimum atomic E-state index is -0.424. The van der Waals surface area contributed by atoms with Crippen LogP contribution in [-0.2, 0) is 13.5 Å². The molecule has 7 heteroatoms. The van der Waals surface area contributed by atoms with Crippen LogP contribution in [0.25, 0.3) is 11.1 Å². The minimum absolute atomic E-state index is 0.284. The van der Waals surface area contributed by atoms with Crippen molar-refractivity contribution >= 4 is 28.5 Å². The molecule has 27 heavy (non-hydrogen) atoms. The third kappa shape index (κ3) is 3.28. The summed E-state index contributed by atoms with van der Waals surface area (Å²) in [6, 6.07) is 13.7. The minimum Gasteiger partial charge on any atom is -0.408 e. The van der Waals surface area contributed by atoms with Gasteiger partial charge in [-0.25, -0.2) is 9.59 Å². The molecular formula is C20H22N4O3. The monoisotopic (exact) mass is 366 g/mol. The number of rotatable bonds is 4. The van der Waals surface area contributed by atoms with E-state index in [0.29, 0.717) is 29.4 Å². The van der Waals surface area contributed by atoms with Crippen LogP contribution in [0, 0.1) is 0 Å². The lowest BCUT2D eigenvalue weighted by Crippen LogP contribution is -2.39. The Kier molecular flexibility index (Phi) is 4.35. The lowest BCUT2D eigenvalue weighted by molar-refractivity contribution is 0.252. The number of urea groups is 1. The van der Waals surface area contributed by atoms with Gasteiger partial charge in [0, 0.05) is 43.6 Å². The molecular weight excluding hydrogens is 344 g/mol. The van der Waals surface area contributed by atoms with Crippen LogP contribution in [-0.4, -0.2) is 29.7 Å². The Morgan fingerprint density at radius 3 is 2.93 bits per heavy atom. The molecule has 140 valence electrons. The van der Waals surface area contributed by atoms with Gasteiger partial charge in [0.25, 0.3) is 0 Å². The molecule has 0 fully saturated rings. The number of amides is 2. The summed E-state index contributed by atoms with van der Waals surface area (Å²) in [5.74, 6) is -0.424. The van der Waals surface area contributed by atoms with Crippen molar-refractivity contribution in [1.82, 2.24) is 9.88 Å². The predicted molar refractivity (Wildman–Crippen MR) is 105 cm³/mol. The van der Waals surface area contributed by atoms with Gasteiger partial charge in [0.15, 0.2) is 5.58 Å². The van der Waals surface area contributed by atoms with E-state index in [1.165, 1.54) is 15.8 Å². The second kappa shape index (κ2) is 6.83. The number of nitrogens with one attached hydrogen (secondary N) is 2. The van der Waals surface area contributed by atoms with Gasteiger partial charge >= 0.3 is 11.8 Å². The van der Waals surface area contributed by atoms with Gasteiger partial charge < -0.3 is 20.0 Å². The molecule has 4 rings (SSSR count). The number of benzene rings is 2. The van der Waals surface area contributed by atoms with E-state index in [2.05, 4.69) is 40.7 Å². The third-order valence-corrected chi connectivity index (χ3v) is 5.04. The number of aryl methyl sites for hydroxylation is 1. The van der Waals surface area contributed by atoms with Gasteiger partial charge in [-0.3, -0.25) is 4.57 Å². The highest BCUT2D eigenvalue weighted by Gasteiger charge is 2.24. The van der Waals surface area contributed by atoms with Crippen LogP contribution >= 0.6 is 0 Å². The fourth-order valence-corrected chi connectivity index (χ4v) is 3.65. The second-order valence-electron chi connectivity index (χ2n) is 6.87. The number of nitrogens with zero attached hydrogens (tertiary/aromatic N) is 2. The van der Waals surface area contributed by atoms with Crippen molar-refractivity contribution in [3.05, 3.63) is 58.6 Å². The zero-order chi connectivity index (χ0) is 19.0. The van der Waals surface area contributed by atoms with Crippen molar-refractivity contribution in [3.8, 4) is 0 Å². The van der Waals surface area contributed by atoms with Crippen LogP contribution in [0.1, 0.15) is 12.5 Å². The number of aromatic nitrogens is 1. The average Bonchev–Trinajstić information content (AvgIpc) is 3.11. The molecule has 1 atom stereocenters. The van der Waals surface area contributed by atoms with Gasteiger partial charge in [-0.2, -0.15) is 0 Å². The molecule has 2 aromatic carbocycles. The molecule has 0 saturated carbocycles. The van der Waals surface area contributed by atoms with Crippen molar-refractivity contribution in [2.24, 2.45) is 7.05 Å². The summed E-state index contributed by atoms with van der Waals surface area (Å²) in [6.45, 7) is 3.48. The molecule has 0 bridgehead atoms. The lowest BCUT2D eigenvalue weighted by Gasteiger charge is -2.25. The fourth-order valence-electron chi connectivity index (χ4n) is 3.65. The number of para-hydroxylation sites is 1. The highest BCUT2D eigenvalue weighted by molar-refractivity contribution is 5.91. The van der Waals surface area contributed by atoms with E-state index >= 15 is 0 Å². The number of fused-ring (bicyclic) bond motifs is 2. The first-order valence-electron chi connectivity index (χ1n) is 9.02. The molecule has 0 saturated heterocycles. The number of carbonyl (C=O) groups excluding carboxylic acids is 1. The van der Waals surface area contributed by atoms with Crippen molar-refractivity contribution in [2.45, 2.75) is 19.4 Å². The zero-order valence-corrected chi connectivity index (χ0v) is 15.4. The van der Waals surface area contributed by atoms with E-state index < -0.39 is 5.76 Å². The molecule has 7 nitrogen and oxygen atoms in total. The van der Waals surface area contributed by atoms with Gasteiger partial charge in [0.2, 0.25) is 0 Å². The van der Waals surface area contributed by atoms with Gasteiger partial charge in [-0.1, -0.05) is 18.2 Å². The van der Waals surface area contributed by atoms with Crippen LogP contribution in [0.4, 0.5) is 16.2 Å². The first-order chi connectivity index (χ1) is 13.0. The maximum Gasteiger partial charge on any atom is 0.419 e. The summed E-state index contributed by atoms with van der Waals surface area (Å²) in [5, 5.41) is 5.66. The summed E-state index contributed by atoms with van der Waals surface area (Å²) in [7, 11) is 1.64. The average molecular weight is 366 g/mol. The quantitative estimate of drug-likeness (QED) is 0.744. The maximum absolute atomic E-state index is 12.2. The van der Waals surface area contributed by atoms with Gasteiger partial charge in [-0.05, 0) is 37.1 Å². The van der Waals surface area contributed by atoms with E-state index in [9.17, 15) is 9.59 Å². The molecule has 3 aromatic rings. The molecule has 2 heterocycles. The Labute approximate surface area is 156 Å². The molecule has 0 radical (unpaired) electrons. The van der Waals surface area contributed by atoms with Crippen molar-refractivity contribution in [1.29, 1.82) is 0 Å². The topological polar surface area (TPSA) is 79.5 Å². The van der Waals surface area contributed by atoms with Crippen LogP contribution in [0.2, 0.25) is 0 Å². The SMILES string of the molecule is C[C@@H]1Cc2ccccc2N1CCNC(=O)Nc1ccc2c(c1)oc(=O)n2C. The highest BCUT2D eigenvalue weighted by Crippen LogP contribution is 2.31. The predicted octanol–water partition coefficient (Wildman–Crippen LogP) is 2.70. The molecule has 0 spiro atoms. The standard InChI is InChI=1S/C20H22N4O3/c1-13-11-14-5-3-4-6-16(14)24(13)10-9-21-19(25)22-15-7-8-17-18(12-15)27-20(26)23(17)2/h3-8,12-13H,9-11H2,1-2H3,(H2,21,22,25)/t13-/m1/s1. The zero-order valence-electron chi connectivity index (χ0n) is 15.4. The summed E-state index contributed by atoms with van der Waals surface area (Å²) in [5.41, 5.74) is 4.31. The van der Waals surface area contributed by atoms with Crippen molar-refractivity contribution < 1.29 is 9.21 Å². The smallest absolute Gasteiger partial charge is 0.408 e. The normalized spacial score (nSPS) is 15.8. The Balaban J connectivity index is 1.34. The van der Waals surface area contributed by atoms with Gasteiger partial charge in [-0.15, -0.1) is 0 Å². The first kappa shape index (κ1) is 17.2. The molecule has 2 amide bonds. The van der Waals surface area contributed by atoms with E-state index in [-0.39, 0.29) is 6.03 Å². The second-order valence-corrected chi connectivity index (χ2v) is 6.87. The lowest BCUT2D eigenvalue weighted by atomic mass is 10.1. The molecule has 1 aromatic heterocycles. The summed E-state index contributed by atoms with van der Waals surface area (Å²) < 4.78 is 6.57. The molecule has 1 aliphatic rings. The fraction of sp³-hybridized carbons (Fsp3) is 0.300. The molecule has 0 aliphatic carbocycles. The van der Waals surface area contributed by atoms with E-state index in [4.69, 9.17) is 4.42 Å². The number of carbonyl (C=O) groups is 1. The maximum atomic E-state index is 12.2. The van der Waals surface area contributed by atoms with Crippen LogP contribution in [0.15, 0.2) is 51.7 Å². The molecule has 2 N–H and O–H groups in total. The summed E-state index contributed by atoms with van der Waals surface area (Å²) >= 11 is 0. The van der Waals surface area contributed by atoms with Crippen LogP contribution in [0.5, 0.6) is 0 Å². The number of hydrogen-bond acceptors (Lipinski definition) is 4. The molecule has 1 aliphatic heterocycles. The Bertz CT molecular complexity index is 1050. The third-order valence-electron chi connectivity index (χ3n) is 5.04.